The molecule has 1 aromatic carbocycles. The molecule has 0 atom stereocenters. The Morgan fingerprint density at radius 1 is 1.35 bits per heavy atom. The fraction of sp³-hybridized carbons (Fsp3) is 0.500. The first-order chi connectivity index (χ1) is 7.91. The van der Waals surface area contributed by atoms with Crippen LogP contribution in [-0.2, 0) is 6.18 Å². The van der Waals surface area contributed by atoms with Gasteiger partial charge >= 0.3 is 6.18 Å². The second-order valence-corrected chi connectivity index (χ2v) is 4.45. The van der Waals surface area contributed by atoms with Crippen molar-refractivity contribution in [2.75, 3.05) is 23.7 Å². The first-order valence-electron chi connectivity index (χ1n) is 5.63. The molecule has 2 N–H and O–H groups in total. The van der Waals surface area contributed by atoms with Gasteiger partial charge in [0.25, 0.3) is 0 Å². The third-order valence-electron chi connectivity index (χ3n) is 3.23. The SMILES string of the molecule is CCC1CN(c2ccc(C(F)(F)F)cc2N)C1. The van der Waals surface area contributed by atoms with Crippen LogP contribution in [0.4, 0.5) is 24.5 Å². The van der Waals surface area contributed by atoms with Gasteiger partial charge in [0.15, 0.2) is 0 Å². The molecule has 5 heteroatoms. The van der Waals surface area contributed by atoms with Crippen LogP contribution in [0.3, 0.4) is 0 Å². The van der Waals surface area contributed by atoms with Gasteiger partial charge in [0.1, 0.15) is 0 Å². The summed E-state index contributed by atoms with van der Waals surface area (Å²) in [4.78, 5) is 2.02. The van der Waals surface area contributed by atoms with Crippen LogP contribution in [0, 0.1) is 5.92 Å². The van der Waals surface area contributed by atoms with Crippen LogP contribution < -0.4 is 10.6 Å². The topological polar surface area (TPSA) is 29.3 Å². The summed E-state index contributed by atoms with van der Waals surface area (Å²) in [7, 11) is 0. The Kier molecular flexibility index (Phi) is 2.93. The van der Waals surface area contributed by atoms with E-state index in [0.29, 0.717) is 11.6 Å². The van der Waals surface area contributed by atoms with E-state index in [1.807, 2.05) is 4.90 Å². The highest BCUT2D eigenvalue weighted by Crippen LogP contribution is 2.36. The Bertz CT molecular complexity index is 409. The van der Waals surface area contributed by atoms with Crippen LogP contribution in [-0.4, -0.2) is 13.1 Å². The molecule has 1 aromatic rings. The van der Waals surface area contributed by atoms with E-state index in [9.17, 15) is 13.2 Å². The maximum absolute atomic E-state index is 12.4. The van der Waals surface area contributed by atoms with E-state index in [-0.39, 0.29) is 5.69 Å². The molecule has 0 aromatic heterocycles. The summed E-state index contributed by atoms with van der Waals surface area (Å²) in [5, 5.41) is 0. The molecule has 0 bridgehead atoms. The van der Waals surface area contributed by atoms with Crippen LogP contribution in [0.1, 0.15) is 18.9 Å². The van der Waals surface area contributed by atoms with E-state index < -0.39 is 11.7 Å². The number of benzene rings is 1. The lowest BCUT2D eigenvalue weighted by atomic mass is 9.96. The van der Waals surface area contributed by atoms with Gasteiger partial charge in [-0.1, -0.05) is 6.92 Å². The van der Waals surface area contributed by atoms with Gasteiger partial charge in [0.2, 0.25) is 0 Å². The quantitative estimate of drug-likeness (QED) is 0.810. The van der Waals surface area contributed by atoms with Gasteiger partial charge in [0, 0.05) is 13.1 Å². The Morgan fingerprint density at radius 3 is 2.47 bits per heavy atom. The molecule has 1 aliphatic rings. The predicted molar refractivity (Wildman–Crippen MR) is 61.9 cm³/mol. The molecular weight excluding hydrogens is 229 g/mol. The average Bonchev–Trinajstić information content (AvgIpc) is 2.17. The van der Waals surface area contributed by atoms with E-state index in [4.69, 9.17) is 5.73 Å². The van der Waals surface area contributed by atoms with Crippen LogP contribution in [0.2, 0.25) is 0 Å². The van der Waals surface area contributed by atoms with E-state index in [0.717, 1.165) is 31.6 Å². The Balaban J connectivity index is 2.16. The number of halogens is 3. The molecule has 0 spiro atoms. The number of anilines is 2. The maximum atomic E-state index is 12.4. The van der Waals surface area contributed by atoms with Gasteiger partial charge in [-0.25, -0.2) is 0 Å². The zero-order valence-electron chi connectivity index (χ0n) is 9.59. The summed E-state index contributed by atoms with van der Waals surface area (Å²) in [6, 6.07) is 3.56. The van der Waals surface area contributed by atoms with Crippen LogP contribution >= 0.6 is 0 Å². The van der Waals surface area contributed by atoms with Crippen molar-refractivity contribution in [1.29, 1.82) is 0 Å². The van der Waals surface area contributed by atoms with E-state index in [2.05, 4.69) is 6.92 Å². The van der Waals surface area contributed by atoms with Crippen molar-refractivity contribution in [3.05, 3.63) is 23.8 Å². The highest BCUT2D eigenvalue weighted by Gasteiger charge is 2.32. The zero-order chi connectivity index (χ0) is 12.6. The molecule has 1 saturated heterocycles. The van der Waals surface area contributed by atoms with Gasteiger partial charge in [-0.05, 0) is 30.5 Å². The summed E-state index contributed by atoms with van der Waals surface area (Å²) in [5.74, 6) is 0.636. The minimum atomic E-state index is -4.33. The number of nitrogen functional groups attached to an aromatic ring is 1. The van der Waals surface area contributed by atoms with Gasteiger partial charge in [-0.15, -0.1) is 0 Å². The minimum Gasteiger partial charge on any atom is -0.397 e. The molecule has 0 unspecified atom stereocenters. The molecule has 2 nitrogen and oxygen atoms in total. The molecule has 0 radical (unpaired) electrons. The molecule has 1 heterocycles. The lowest BCUT2D eigenvalue weighted by Gasteiger charge is -2.41. The number of nitrogens with zero attached hydrogens (tertiary/aromatic N) is 1. The maximum Gasteiger partial charge on any atom is 0.416 e. The van der Waals surface area contributed by atoms with Crippen molar-refractivity contribution in [2.24, 2.45) is 5.92 Å². The Hall–Kier alpha value is -1.39. The van der Waals surface area contributed by atoms with Crippen molar-refractivity contribution >= 4 is 11.4 Å². The number of hydrogen-bond donors (Lipinski definition) is 1. The van der Waals surface area contributed by atoms with Crippen LogP contribution in [0.15, 0.2) is 18.2 Å². The van der Waals surface area contributed by atoms with Crippen LogP contribution in [0.25, 0.3) is 0 Å². The molecular formula is C12H15F3N2. The highest BCUT2D eigenvalue weighted by atomic mass is 19.4. The largest absolute Gasteiger partial charge is 0.416 e. The molecule has 0 aliphatic carbocycles. The smallest absolute Gasteiger partial charge is 0.397 e. The minimum absolute atomic E-state index is 0.203. The fourth-order valence-corrected chi connectivity index (χ4v) is 2.04. The lowest BCUT2D eigenvalue weighted by Crippen LogP contribution is -2.46. The number of rotatable bonds is 2. The van der Waals surface area contributed by atoms with Gasteiger partial charge in [-0.2, -0.15) is 13.2 Å². The first kappa shape index (κ1) is 12.1. The molecule has 0 saturated carbocycles. The second-order valence-electron chi connectivity index (χ2n) is 4.45. The van der Waals surface area contributed by atoms with E-state index in [1.165, 1.54) is 6.07 Å². The Morgan fingerprint density at radius 2 is 2.00 bits per heavy atom. The molecule has 1 fully saturated rings. The molecule has 94 valence electrons. The van der Waals surface area contributed by atoms with Gasteiger partial charge in [0.05, 0.1) is 16.9 Å². The fourth-order valence-electron chi connectivity index (χ4n) is 2.04. The summed E-state index contributed by atoms with van der Waals surface area (Å²) in [5.41, 5.74) is 5.90. The summed E-state index contributed by atoms with van der Waals surface area (Å²) in [6.45, 7) is 3.87. The monoisotopic (exact) mass is 244 g/mol. The summed E-state index contributed by atoms with van der Waals surface area (Å²) < 4.78 is 37.3. The number of alkyl halides is 3. The molecule has 2 rings (SSSR count). The first-order valence-corrected chi connectivity index (χ1v) is 5.63. The second kappa shape index (κ2) is 4.13. The van der Waals surface area contributed by atoms with Crippen molar-refractivity contribution in [3.63, 3.8) is 0 Å². The van der Waals surface area contributed by atoms with Crippen molar-refractivity contribution in [3.8, 4) is 0 Å². The molecule has 17 heavy (non-hydrogen) atoms. The molecule has 0 amide bonds. The highest BCUT2D eigenvalue weighted by molar-refractivity contribution is 5.69. The number of nitrogens with two attached hydrogens (primary N) is 1. The molecule has 1 aliphatic heterocycles. The summed E-state index contributed by atoms with van der Waals surface area (Å²) in [6.07, 6.45) is -3.23. The lowest BCUT2D eigenvalue weighted by molar-refractivity contribution is -0.137. The van der Waals surface area contributed by atoms with Gasteiger partial charge in [-0.3, -0.25) is 0 Å². The summed E-state index contributed by atoms with van der Waals surface area (Å²) >= 11 is 0. The predicted octanol–water partition coefficient (Wildman–Crippen LogP) is 3.13. The number of hydrogen-bond acceptors (Lipinski definition) is 2. The van der Waals surface area contributed by atoms with Crippen molar-refractivity contribution in [2.45, 2.75) is 19.5 Å². The zero-order valence-corrected chi connectivity index (χ0v) is 9.59. The standard InChI is InChI=1S/C12H15F3N2/c1-2-8-6-17(7-8)11-4-3-9(5-10(11)16)12(13,14)15/h3-5,8H,2,6-7,16H2,1H3. The van der Waals surface area contributed by atoms with Gasteiger partial charge < -0.3 is 10.6 Å². The van der Waals surface area contributed by atoms with Crippen LogP contribution in [0.5, 0.6) is 0 Å². The van der Waals surface area contributed by atoms with Crippen molar-refractivity contribution in [1.82, 2.24) is 0 Å². The van der Waals surface area contributed by atoms with E-state index >= 15 is 0 Å². The van der Waals surface area contributed by atoms with E-state index in [1.54, 1.807) is 0 Å². The van der Waals surface area contributed by atoms with Crippen molar-refractivity contribution < 1.29 is 13.2 Å². The normalized spacial score (nSPS) is 17.1. The average molecular weight is 244 g/mol. The Labute approximate surface area is 98.2 Å². The third kappa shape index (κ3) is 2.33. The third-order valence-corrected chi connectivity index (χ3v) is 3.23.